The SMILES string of the molecule is CC=C(CC(N)=O)C(N)=O. The van der Waals surface area contributed by atoms with E-state index in [0.717, 1.165) is 0 Å². The third kappa shape index (κ3) is 2.86. The monoisotopic (exact) mass is 142 g/mol. The third-order valence-electron chi connectivity index (χ3n) is 1.03. The number of amides is 2. The molecule has 10 heavy (non-hydrogen) atoms. The van der Waals surface area contributed by atoms with Crippen LogP contribution in [0.5, 0.6) is 0 Å². The second kappa shape index (κ2) is 3.66. The van der Waals surface area contributed by atoms with Crippen molar-refractivity contribution in [2.75, 3.05) is 0 Å². The largest absolute Gasteiger partial charge is 0.369 e. The summed E-state index contributed by atoms with van der Waals surface area (Å²) in [5, 5.41) is 0. The summed E-state index contributed by atoms with van der Waals surface area (Å²) >= 11 is 0. The molecule has 4 heteroatoms. The molecule has 0 rings (SSSR count). The van der Waals surface area contributed by atoms with E-state index < -0.39 is 11.8 Å². The van der Waals surface area contributed by atoms with Crippen LogP contribution in [0.3, 0.4) is 0 Å². The molecule has 0 aromatic carbocycles. The van der Waals surface area contributed by atoms with Crippen LogP contribution in [0.1, 0.15) is 13.3 Å². The first-order chi connectivity index (χ1) is 4.57. The van der Waals surface area contributed by atoms with Gasteiger partial charge in [-0.1, -0.05) is 6.08 Å². The molecule has 4 N–H and O–H groups in total. The van der Waals surface area contributed by atoms with Gasteiger partial charge in [0, 0.05) is 5.57 Å². The number of primary amides is 2. The predicted octanol–water partition coefficient (Wildman–Crippen LogP) is -0.707. The Morgan fingerprint density at radius 3 is 2.00 bits per heavy atom. The highest BCUT2D eigenvalue weighted by atomic mass is 16.2. The summed E-state index contributed by atoms with van der Waals surface area (Å²) in [7, 11) is 0. The molecule has 0 fully saturated rings. The van der Waals surface area contributed by atoms with Crippen LogP contribution < -0.4 is 11.5 Å². The molecule has 0 saturated heterocycles. The van der Waals surface area contributed by atoms with Gasteiger partial charge < -0.3 is 11.5 Å². The molecule has 0 bridgehead atoms. The van der Waals surface area contributed by atoms with E-state index >= 15 is 0 Å². The van der Waals surface area contributed by atoms with Gasteiger partial charge in [-0.05, 0) is 6.92 Å². The summed E-state index contributed by atoms with van der Waals surface area (Å²) in [5.74, 6) is -1.15. The van der Waals surface area contributed by atoms with Crippen LogP contribution in [0.4, 0.5) is 0 Å². The van der Waals surface area contributed by atoms with E-state index in [4.69, 9.17) is 11.5 Å². The van der Waals surface area contributed by atoms with E-state index in [-0.39, 0.29) is 12.0 Å². The van der Waals surface area contributed by atoms with Gasteiger partial charge in [0.15, 0.2) is 0 Å². The number of carbonyl (C=O) groups excluding carboxylic acids is 2. The number of nitrogens with two attached hydrogens (primary N) is 2. The zero-order valence-corrected chi connectivity index (χ0v) is 5.76. The van der Waals surface area contributed by atoms with E-state index in [1.54, 1.807) is 6.92 Å². The molecular formula is C6H10N2O2. The van der Waals surface area contributed by atoms with Gasteiger partial charge in [0.2, 0.25) is 11.8 Å². The number of hydrogen-bond acceptors (Lipinski definition) is 2. The summed E-state index contributed by atoms with van der Waals surface area (Å²) in [4.78, 5) is 20.7. The highest BCUT2D eigenvalue weighted by molar-refractivity contribution is 5.97. The smallest absolute Gasteiger partial charge is 0.244 e. The van der Waals surface area contributed by atoms with Crippen molar-refractivity contribution in [1.82, 2.24) is 0 Å². The molecule has 0 unspecified atom stereocenters. The van der Waals surface area contributed by atoms with Crippen molar-refractivity contribution in [3.63, 3.8) is 0 Å². The number of allylic oxidation sites excluding steroid dienone is 1. The molecule has 0 saturated carbocycles. The fourth-order valence-corrected chi connectivity index (χ4v) is 0.519. The van der Waals surface area contributed by atoms with Gasteiger partial charge in [-0.2, -0.15) is 0 Å². The highest BCUT2D eigenvalue weighted by Crippen LogP contribution is 1.97. The minimum absolute atomic E-state index is 0.0775. The first-order valence-electron chi connectivity index (χ1n) is 2.81. The lowest BCUT2D eigenvalue weighted by molar-refractivity contribution is -0.120. The topological polar surface area (TPSA) is 86.2 Å². The maximum Gasteiger partial charge on any atom is 0.244 e. The average molecular weight is 142 g/mol. The molecule has 4 nitrogen and oxygen atoms in total. The van der Waals surface area contributed by atoms with Crippen LogP contribution in [-0.4, -0.2) is 11.8 Å². The summed E-state index contributed by atoms with van der Waals surface area (Å²) < 4.78 is 0. The molecule has 0 radical (unpaired) electrons. The van der Waals surface area contributed by atoms with Crippen molar-refractivity contribution in [3.8, 4) is 0 Å². The number of rotatable bonds is 3. The molecule has 2 amide bonds. The molecule has 0 aliphatic carbocycles. The first kappa shape index (κ1) is 8.68. The maximum atomic E-state index is 10.4. The van der Waals surface area contributed by atoms with Crippen molar-refractivity contribution in [3.05, 3.63) is 11.6 Å². The van der Waals surface area contributed by atoms with Crippen LogP contribution in [0, 0.1) is 0 Å². The second-order valence-electron chi connectivity index (χ2n) is 1.82. The van der Waals surface area contributed by atoms with Gasteiger partial charge in [0.25, 0.3) is 0 Å². The summed E-state index contributed by atoms with van der Waals surface area (Å²) in [6.45, 7) is 1.63. The minimum Gasteiger partial charge on any atom is -0.369 e. The normalized spacial score (nSPS) is 11.1. The zero-order valence-electron chi connectivity index (χ0n) is 5.76. The molecular weight excluding hydrogens is 132 g/mol. The Balaban J connectivity index is 4.12. The van der Waals surface area contributed by atoms with Crippen LogP contribution in [-0.2, 0) is 9.59 Å². The molecule has 0 atom stereocenters. The fourth-order valence-electron chi connectivity index (χ4n) is 0.519. The summed E-state index contributed by atoms with van der Waals surface area (Å²) in [6.07, 6.45) is 1.40. The molecule has 0 heterocycles. The van der Waals surface area contributed by atoms with Gasteiger partial charge in [-0.15, -0.1) is 0 Å². The Morgan fingerprint density at radius 2 is 1.90 bits per heavy atom. The molecule has 0 spiro atoms. The van der Waals surface area contributed by atoms with E-state index in [1.807, 2.05) is 0 Å². The lowest BCUT2D eigenvalue weighted by Crippen LogP contribution is -2.20. The minimum atomic E-state index is -0.596. The Hall–Kier alpha value is -1.32. The molecule has 0 aliphatic rings. The van der Waals surface area contributed by atoms with Crippen LogP contribution >= 0.6 is 0 Å². The lowest BCUT2D eigenvalue weighted by atomic mass is 10.1. The quantitative estimate of drug-likeness (QED) is 0.510. The van der Waals surface area contributed by atoms with Gasteiger partial charge in [0.1, 0.15) is 0 Å². The standard InChI is InChI=1S/C6H10N2O2/c1-2-4(6(8)10)3-5(7)9/h2H,3H2,1H3,(H2,7,9)(H2,8,10). The van der Waals surface area contributed by atoms with Crippen LogP contribution in [0.25, 0.3) is 0 Å². The lowest BCUT2D eigenvalue weighted by Gasteiger charge is -1.96. The van der Waals surface area contributed by atoms with Crippen molar-refractivity contribution in [2.45, 2.75) is 13.3 Å². The maximum absolute atomic E-state index is 10.4. The molecule has 0 aliphatic heterocycles. The summed E-state index contributed by atoms with van der Waals surface area (Å²) in [5.41, 5.74) is 9.96. The van der Waals surface area contributed by atoms with E-state index in [1.165, 1.54) is 6.08 Å². The number of hydrogen-bond donors (Lipinski definition) is 2. The predicted molar refractivity (Wildman–Crippen MR) is 36.8 cm³/mol. The van der Waals surface area contributed by atoms with Gasteiger partial charge in [0.05, 0.1) is 6.42 Å². The fraction of sp³-hybridized carbons (Fsp3) is 0.333. The van der Waals surface area contributed by atoms with Gasteiger partial charge in [-0.25, -0.2) is 0 Å². The van der Waals surface area contributed by atoms with Crippen molar-refractivity contribution in [1.29, 1.82) is 0 Å². The van der Waals surface area contributed by atoms with Crippen LogP contribution in [0.2, 0.25) is 0 Å². The van der Waals surface area contributed by atoms with E-state index in [0.29, 0.717) is 0 Å². The Labute approximate surface area is 58.9 Å². The first-order valence-corrected chi connectivity index (χ1v) is 2.81. The molecule has 0 aromatic heterocycles. The Bertz CT molecular complexity index is 184. The van der Waals surface area contributed by atoms with Crippen molar-refractivity contribution >= 4 is 11.8 Å². The van der Waals surface area contributed by atoms with Crippen molar-refractivity contribution in [2.24, 2.45) is 11.5 Å². The molecule has 0 aromatic rings. The summed E-state index contributed by atoms with van der Waals surface area (Å²) in [6, 6.07) is 0. The average Bonchev–Trinajstić information content (AvgIpc) is 1.81. The number of carbonyl (C=O) groups is 2. The van der Waals surface area contributed by atoms with Gasteiger partial charge in [-0.3, -0.25) is 9.59 Å². The third-order valence-corrected chi connectivity index (χ3v) is 1.03. The zero-order chi connectivity index (χ0) is 8.15. The van der Waals surface area contributed by atoms with E-state index in [2.05, 4.69) is 0 Å². The molecule has 56 valence electrons. The Kier molecular flexibility index (Phi) is 3.17. The second-order valence-corrected chi connectivity index (χ2v) is 1.82. The highest BCUT2D eigenvalue weighted by Gasteiger charge is 2.05. The van der Waals surface area contributed by atoms with Gasteiger partial charge >= 0.3 is 0 Å². The van der Waals surface area contributed by atoms with Crippen molar-refractivity contribution < 1.29 is 9.59 Å². The van der Waals surface area contributed by atoms with Crippen LogP contribution in [0.15, 0.2) is 11.6 Å². The Morgan fingerprint density at radius 1 is 1.40 bits per heavy atom. The van der Waals surface area contributed by atoms with E-state index in [9.17, 15) is 9.59 Å².